The van der Waals surface area contributed by atoms with E-state index in [4.69, 9.17) is 13.9 Å². The minimum atomic E-state index is -0.411. The van der Waals surface area contributed by atoms with Gasteiger partial charge in [-0.2, -0.15) is 5.10 Å². The first-order valence-electron chi connectivity index (χ1n) is 5.70. The fourth-order valence-electron chi connectivity index (χ4n) is 1.69. The molecule has 1 amide bonds. The largest absolute Gasteiger partial charge is 0.459 e. The van der Waals surface area contributed by atoms with Crippen LogP contribution < -0.4 is 14.9 Å². The molecule has 1 N–H and O–H groups in total. The third kappa shape index (κ3) is 2.53. The standard InChI is InChI=1S/C13H9BrN2O4/c14-9-4-8(5-11-12(9)20-7-19-11)6-15-16-13(17)10-2-1-3-18-10/h1-6H,7H2,(H,16,17)/b15-6-. The monoisotopic (exact) mass is 336 g/mol. The van der Waals surface area contributed by atoms with Crippen LogP contribution >= 0.6 is 15.9 Å². The Morgan fingerprint density at radius 1 is 1.40 bits per heavy atom. The molecule has 0 bridgehead atoms. The number of carbonyl (C=O) groups excluding carboxylic acids is 1. The molecule has 1 aliphatic heterocycles. The average Bonchev–Trinajstić information content (AvgIpc) is 3.09. The second-order valence-electron chi connectivity index (χ2n) is 3.91. The topological polar surface area (TPSA) is 73.1 Å². The van der Waals surface area contributed by atoms with Crippen LogP contribution in [0.2, 0.25) is 0 Å². The molecule has 7 heteroatoms. The molecule has 0 spiro atoms. The van der Waals surface area contributed by atoms with Gasteiger partial charge < -0.3 is 13.9 Å². The molecule has 0 saturated carbocycles. The lowest BCUT2D eigenvalue weighted by atomic mass is 10.2. The molecule has 6 nitrogen and oxygen atoms in total. The maximum Gasteiger partial charge on any atom is 0.307 e. The number of ether oxygens (including phenoxy) is 2. The number of nitrogens with one attached hydrogen (secondary N) is 1. The number of benzene rings is 1. The molecule has 0 unspecified atom stereocenters. The van der Waals surface area contributed by atoms with Gasteiger partial charge in [0.25, 0.3) is 0 Å². The lowest BCUT2D eigenvalue weighted by Crippen LogP contribution is -2.16. The van der Waals surface area contributed by atoms with Crippen LogP contribution in [0.1, 0.15) is 16.1 Å². The second-order valence-corrected chi connectivity index (χ2v) is 4.77. The summed E-state index contributed by atoms with van der Waals surface area (Å²) < 4.78 is 16.3. The van der Waals surface area contributed by atoms with Crippen LogP contribution in [-0.2, 0) is 0 Å². The van der Waals surface area contributed by atoms with Gasteiger partial charge in [-0.1, -0.05) is 0 Å². The summed E-state index contributed by atoms with van der Waals surface area (Å²) in [5.41, 5.74) is 3.13. The van der Waals surface area contributed by atoms with Crippen molar-refractivity contribution in [2.75, 3.05) is 6.79 Å². The van der Waals surface area contributed by atoms with Crippen molar-refractivity contribution in [1.82, 2.24) is 5.43 Å². The fraction of sp³-hybridized carbons (Fsp3) is 0.0769. The number of halogens is 1. The molecule has 1 aliphatic rings. The van der Waals surface area contributed by atoms with Gasteiger partial charge in [-0.15, -0.1) is 0 Å². The van der Waals surface area contributed by atoms with E-state index in [0.717, 1.165) is 10.0 Å². The maximum absolute atomic E-state index is 11.6. The zero-order valence-electron chi connectivity index (χ0n) is 10.1. The molecule has 2 heterocycles. The van der Waals surface area contributed by atoms with E-state index in [1.54, 1.807) is 18.2 Å². The normalized spacial score (nSPS) is 12.8. The Morgan fingerprint density at radius 3 is 3.10 bits per heavy atom. The Balaban J connectivity index is 1.70. The molecule has 2 aromatic rings. The van der Waals surface area contributed by atoms with E-state index in [2.05, 4.69) is 26.5 Å². The van der Waals surface area contributed by atoms with E-state index in [0.29, 0.717) is 11.5 Å². The minimum Gasteiger partial charge on any atom is -0.459 e. The van der Waals surface area contributed by atoms with E-state index in [9.17, 15) is 4.79 Å². The molecule has 0 radical (unpaired) electrons. The summed E-state index contributed by atoms with van der Waals surface area (Å²) in [5.74, 6) is 1.10. The maximum atomic E-state index is 11.6. The van der Waals surface area contributed by atoms with Gasteiger partial charge in [-0.3, -0.25) is 4.79 Å². The molecule has 20 heavy (non-hydrogen) atoms. The summed E-state index contributed by atoms with van der Waals surface area (Å²) in [5, 5.41) is 3.86. The smallest absolute Gasteiger partial charge is 0.307 e. The lowest BCUT2D eigenvalue weighted by Gasteiger charge is -2.01. The van der Waals surface area contributed by atoms with E-state index < -0.39 is 5.91 Å². The quantitative estimate of drug-likeness (QED) is 0.690. The van der Waals surface area contributed by atoms with Gasteiger partial charge in [-0.25, -0.2) is 5.43 Å². The van der Waals surface area contributed by atoms with Crippen LogP contribution in [-0.4, -0.2) is 18.9 Å². The highest BCUT2D eigenvalue weighted by Gasteiger charge is 2.17. The number of hydrogen-bond donors (Lipinski definition) is 1. The molecular formula is C13H9BrN2O4. The molecule has 3 rings (SSSR count). The first kappa shape index (κ1) is 12.7. The highest BCUT2D eigenvalue weighted by atomic mass is 79.9. The number of amides is 1. The predicted octanol–water partition coefficient (Wildman–Crippen LogP) is 2.53. The van der Waals surface area contributed by atoms with Crippen LogP contribution in [0.25, 0.3) is 0 Å². The average molecular weight is 337 g/mol. The summed E-state index contributed by atoms with van der Waals surface area (Å²) in [7, 11) is 0. The van der Waals surface area contributed by atoms with Gasteiger partial charge in [-0.05, 0) is 45.8 Å². The number of nitrogens with zero attached hydrogens (tertiary/aromatic N) is 1. The second kappa shape index (κ2) is 5.38. The predicted molar refractivity (Wildman–Crippen MR) is 74.0 cm³/mol. The van der Waals surface area contributed by atoms with Crippen LogP contribution in [0.4, 0.5) is 0 Å². The van der Waals surface area contributed by atoms with Gasteiger partial charge in [0.15, 0.2) is 17.3 Å². The Kier molecular flexibility index (Phi) is 3.42. The summed E-state index contributed by atoms with van der Waals surface area (Å²) in [6.45, 7) is 0.198. The Morgan fingerprint density at radius 2 is 2.30 bits per heavy atom. The SMILES string of the molecule is O=C(N/N=C\c1cc(Br)c2c(c1)OCO2)c1ccco1. The van der Waals surface area contributed by atoms with Crippen LogP contribution in [0.5, 0.6) is 11.5 Å². The van der Waals surface area contributed by atoms with Crippen LogP contribution in [0, 0.1) is 0 Å². The minimum absolute atomic E-state index is 0.198. The van der Waals surface area contributed by atoms with Crippen molar-refractivity contribution in [1.29, 1.82) is 0 Å². The highest BCUT2D eigenvalue weighted by Crippen LogP contribution is 2.39. The summed E-state index contributed by atoms with van der Waals surface area (Å²) >= 11 is 3.38. The summed E-state index contributed by atoms with van der Waals surface area (Å²) in [6.07, 6.45) is 2.93. The molecule has 0 saturated heterocycles. The van der Waals surface area contributed by atoms with Crippen molar-refractivity contribution in [3.05, 3.63) is 46.3 Å². The number of fused-ring (bicyclic) bond motifs is 1. The van der Waals surface area contributed by atoms with Crippen molar-refractivity contribution in [2.24, 2.45) is 5.10 Å². The Bertz CT molecular complexity index is 667. The number of hydrazone groups is 1. The lowest BCUT2D eigenvalue weighted by molar-refractivity contribution is 0.0927. The number of hydrogen-bond acceptors (Lipinski definition) is 5. The van der Waals surface area contributed by atoms with Gasteiger partial charge in [0.1, 0.15) is 0 Å². The van der Waals surface area contributed by atoms with Gasteiger partial charge in [0, 0.05) is 0 Å². The van der Waals surface area contributed by atoms with Crippen molar-refractivity contribution in [3.8, 4) is 11.5 Å². The van der Waals surface area contributed by atoms with Crippen molar-refractivity contribution >= 4 is 28.1 Å². The van der Waals surface area contributed by atoms with Crippen molar-refractivity contribution < 1.29 is 18.7 Å². The Labute approximate surface area is 122 Å². The molecule has 102 valence electrons. The number of furan rings is 1. The van der Waals surface area contributed by atoms with Crippen LogP contribution in [0.3, 0.4) is 0 Å². The third-order valence-electron chi connectivity index (χ3n) is 2.57. The van der Waals surface area contributed by atoms with E-state index in [-0.39, 0.29) is 12.6 Å². The van der Waals surface area contributed by atoms with Gasteiger partial charge in [0.2, 0.25) is 6.79 Å². The number of carbonyl (C=O) groups is 1. The van der Waals surface area contributed by atoms with E-state index in [1.165, 1.54) is 12.5 Å². The summed E-state index contributed by atoms with van der Waals surface area (Å²) in [6, 6.07) is 6.78. The molecule has 0 aliphatic carbocycles. The molecule has 0 atom stereocenters. The zero-order valence-corrected chi connectivity index (χ0v) is 11.7. The third-order valence-corrected chi connectivity index (χ3v) is 3.16. The first-order valence-corrected chi connectivity index (χ1v) is 6.49. The zero-order chi connectivity index (χ0) is 13.9. The first-order chi connectivity index (χ1) is 9.74. The molecular weight excluding hydrogens is 328 g/mol. The molecule has 1 aromatic heterocycles. The molecule has 0 fully saturated rings. The summed E-state index contributed by atoms with van der Waals surface area (Å²) in [4.78, 5) is 11.6. The van der Waals surface area contributed by atoms with E-state index in [1.807, 2.05) is 6.07 Å². The van der Waals surface area contributed by atoms with Crippen LogP contribution in [0.15, 0.2) is 44.5 Å². The van der Waals surface area contributed by atoms with E-state index >= 15 is 0 Å². The van der Waals surface area contributed by atoms with Crippen molar-refractivity contribution in [3.63, 3.8) is 0 Å². The fourth-order valence-corrected chi connectivity index (χ4v) is 2.26. The Hall–Kier alpha value is -2.28. The molecule has 1 aromatic carbocycles. The van der Waals surface area contributed by atoms with Gasteiger partial charge in [0.05, 0.1) is 17.0 Å². The van der Waals surface area contributed by atoms with Crippen molar-refractivity contribution in [2.45, 2.75) is 0 Å². The van der Waals surface area contributed by atoms with Gasteiger partial charge >= 0.3 is 5.91 Å². The number of rotatable bonds is 3. The highest BCUT2D eigenvalue weighted by molar-refractivity contribution is 9.10.